The lowest BCUT2D eigenvalue weighted by atomic mass is 9.96. The van der Waals surface area contributed by atoms with Gasteiger partial charge in [-0.05, 0) is 31.0 Å². The minimum absolute atomic E-state index is 0.0673. The van der Waals surface area contributed by atoms with Crippen LogP contribution in [-0.4, -0.2) is 42.3 Å². The van der Waals surface area contributed by atoms with Gasteiger partial charge in [-0.25, -0.2) is 0 Å². The van der Waals surface area contributed by atoms with Crippen LogP contribution in [0.2, 0.25) is 0 Å². The molecule has 1 aromatic rings. The highest BCUT2D eigenvalue weighted by molar-refractivity contribution is 5.71. The molecule has 1 aromatic carbocycles. The SMILES string of the molecule is CC(C)c1ccc(C(C)N(C)C2COCC2C(=O)O)cc1. The van der Waals surface area contributed by atoms with Crippen LogP contribution in [0.3, 0.4) is 0 Å². The van der Waals surface area contributed by atoms with Crippen molar-refractivity contribution in [2.75, 3.05) is 20.3 Å². The van der Waals surface area contributed by atoms with E-state index in [2.05, 4.69) is 49.9 Å². The predicted molar refractivity (Wildman–Crippen MR) is 82.4 cm³/mol. The molecule has 0 aliphatic carbocycles. The Morgan fingerprint density at radius 1 is 1.19 bits per heavy atom. The van der Waals surface area contributed by atoms with Gasteiger partial charge in [0.15, 0.2) is 0 Å². The van der Waals surface area contributed by atoms with E-state index in [1.807, 2.05) is 7.05 Å². The van der Waals surface area contributed by atoms with E-state index >= 15 is 0 Å². The van der Waals surface area contributed by atoms with Gasteiger partial charge in [0, 0.05) is 12.1 Å². The van der Waals surface area contributed by atoms with Crippen LogP contribution < -0.4 is 0 Å². The number of carboxylic acids is 1. The van der Waals surface area contributed by atoms with Crippen LogP contribution in [0.25, 0.3) is 0 Å². The van der Waals surface area contributed by atoms with Gasteiger partial charge in [-0.3, -0.25) is 9.69 Å². The molecule has 0 spiro atoms. The number of nitrogens with zero attached hydrogens (tertiary/aromatic N) is 1. The van der Waals surface area contributed by atoms with Crippen LogP contribution in [0.5, 0.6) is 0 Å². The number of aliphatic carboxylic acids is 1. The summed E-state index contributed by atoms with van der Waals surface area (Å²) >= 11 is 0. The first-order valence-corrected chi connectivity index (χ1v) is 7.54. The summed E-state index contributed by atoms with van der Waals surface area (Å²) in [6.07, 6.45) is 0. The minimum atomic E-state index is -0.772. The first-order valence-electron chi connectivity index (χ1n) is 7.54. The van der Waals surface area contributed by atoms with Crippen LogP contribution in [0.1, 0.15) is 43.9 Å². The average Bonchev–Trinajstić information content (AvgIpc) is 2.95. The second-order valence-corrected chi connectivity index (χ2v) is 6.21. The summed E-state index contributed by atoms with van der Waals surface area (Å²) in [6, 6.07) is 8.69. The molecular formula is C17H25NO3. The van der Waals surface area contributed by atoms with E-state index in [9.17, 15) is 9.90 Å². The number of carboxylic acid groups (broad SMARTS) is 1. The summed E-state index contributed by atoms with van der Waals surface area (Å²) in [6.45, 7) is 7.27. The first-order chi connectivity index (χ1) is 9.91. The van der Waals surface area contributed by atoms with Gasteiger partial charge < -0.3 is 9.84 Å². The molecule has 1 saturated heterocycles. The monoisotopic (exact) mass is 291 g/mol. The summed E-state index contributed by atoms with van der Waals surface area (Å²) in [7, 11) is 1.98. The highest BCUT2D eigenvalue weighted by atomic mass is 16.5. The first kappa shape index (κ1) is 16.0. The number of ether oxygens (including phenoxy) is 1. The van der Waals surface area contributed by atoms with Gasteiger partial charge in [0.2, 0.25) is 0 Å². The third-order valence-electron chi connectivity index (χ3n) is 4.59. The van der Waals surface area contributed by atoms with Crippen molar-refractivity contribution in [2.24, 2.45) is 5.92 Å². The zero-order valence-corrected chi connectivity index (χ0v) is 13.2. The molecule has 3 atom stereocenters. The van der Waals surface area contributed by atoms with Gasteiger partial charge in [-0.1, -0.05) is 38.1 Å². The molecule has 3 unspecified atom stereocenters. The van der Waals surface area contributed by atoms with E-state index in [0.29, 0.717) is 19.1 Å². The summed E-state index contributed by atoms with van der Waals surface area (Å²) in [5.74, 6) is -0.689. The molecule has 1 fully saturated rings. The Morgan fingerprint density at radius 2 is 1.76 bits per heavy atom. The van der Waals surface area contributed by atoms with E-state index in [4.69, 9.17) is 4.74 Å². The molecule has 0 amide bonds. The number of hydrogen-bond donors (Lipinski definition) is 1. The summed E-state index contributed by atoms with van der Waals surface area (Å²) in [5, 5.41) is 9.28. The highest BCUT2D eigenvalue weighted by Crippen LogP contribution is 2.28. The van der Waals surface area contributed by atoms with Gasteiger partial charge in [-0.2, -0.15) is 0 Å². The molecule has 1 aliphatic heterocycles. The van der Waals surface area contributed by atoms with E-state index in [1.165, 1.54) is 11.1 Å². The van der Waals surface area contributed by atoms with Crippen molar-refractivity contribution in [1.82, 2.24) is 4.90 Å². The maximum Gasteiger partial charge on any atom is 0.310 e. The Hall–Kier alpha value is -1.39. The second kappa shape index (κ2) is 6.58. The third-order valence-corrected chi connectivity index (χ3v) is 4.59. The Balaban J connectivity index is 2.11. The fourth-order valence-corrected chi connectivity index (χ4v) is 2.86. The lowest BCUT2D eigenvalue weighted by Gasteiger charge is -2.32. The van der Waals surface area contributed by atoms with Crippen molar-refractivity contribution >= 4 is 5.97 Å². The summed E-state index contributed by atoms with van der Waals surface area (Å²) in [5.41, 5.74) is 2.53. The normalized spacial score (nSPS) is 23.7. The number of hydrogen-bond acceptors (Lipinski definition) is 3. The minimum Gasteiger partial charge on any atom is -0.481 e. The average molecular weight is 291 g/mol. The Morgan fingerprint density at radius 3 is 2.29 bits per heavy atom. The van der Waals surface area contributed by atoms with Crippen molar-refractivity contribution in [3.8, 4) is 0 Å². The van der Waals surface area contributed by atoms with Crippen LogP contribution in [0.15, 0.2) is 24.3 Å². The topological polar surface area (TPSA) is 49.8 Å². The van der Waals surface area contributed by atoms with Crippen molar-refractivity contribution < 1.29 is 14.6 Å². The maximum atomic E-state index is 11.3. The molecule has 1 aliphatic rings. The quantitative estimate of drug-likeness (QED) is 0.906. The van der Waals surface area contributed by atoms with Crippen LogP contribution >= 0.6 is 0 Å². The molecule has 4 heteroatoms. The van der Waals surface area contributed by atoms with Crippen molar-refractivity contribution in [1.29, 1.82) is 0 Å². The molecule has 0 aromatic heterocycles. The third kappa shape index (κ3) is 3.44. The van der Waals surface area contributed by atoms with Gasteiger partial charge in [-0.15, -0.1) is 0 Å². The van der Waals surface area contributed by atoms with Crippen molar-refractivity contribution in [3.05, 3.63) is 35.4 Å². The zero-order valence-electron chi connectivity index (χ0n) is 13.2. The van der Waals surface area contributed by atoms with E-state index < -0.39 is 11.9 Å². The molecule has 116 valence electrons. The van der Waals surface area contributed by atoms with Gasteiger partial charge >= 0.3 is 5.97 Å². The Labute approximate surface area is 126 Å². The van der Waals surface area contributed by atoms with Crippen molar-refractivity contribution in [3.63, 3.8) is 0 Å². The molecule has 0 radical (unpaired) electrons. The van der Waals surface area contributed by atoms with E-state index in [0.717, 1.165) is 0 Å². The van der Waals surface area contributed by atoms with E-state index in [-0.39, 0.29) is 12.1 Å². The van der Waals surface area contributed by atoms with Crippen LogP contribution in [0, 0.1) is 5.92 Å². The molecule has 21 heavy (non-hydrogen) atoms. The largest absolute Gasteiger partial charge is 0.481 e. The predicted octanol–water partition coefficient (Wildman–Crippen LogP) is 2.90. The maximum absolute atomic E-state index is 11.3. The molecule has 1 heterocycles. The fraction of sp³-hybridized carbons (Fsp3) is 0.588. The summed E-state index contributed by atoms with van der Waals surface area (Å²) < 4.78 is 5.37. The number of rotatable bonds is 5. The molecule has 1 N–H and O–H groups in total. The number of likely N-dealkylation sites (N-methyl/N-ethyl adjacent to an activating group) is 1. The molecular weight excluding hydrogens is 266 g/mol. The van der Waals surface area contributed by atoms with E-state index in [1.54, 1.807) is 0 Å². The molecule has 2 rings (SSSR count). The van der Waals surface area contributed by atoms with Crippen molar-refractivity contribution in [2.45, 2.75) is 38.8 Å². The number of benzene rings is 1. The summed E-state index contributed by atoms with van der Waals surface area (Å²) in [4.78, 5) is 13.4. The number of carbonyl (C=O) groups is 1. The molecule has 0 bridgehead atoms. The lowest BCUT2D eigenvalue weighted by molar-refractivity contribution is -0.143. The fourth-order valence-electron chi connectivity index (χ4n) is 2.86. The molecule has 0 saturated carbocycles. The highest BCUT2D eigenvalue weighted by Gasteiger charge is 2.38. The Bertz CT molecular complexity index is 483. The molecule has 4 nitrogen and oxygen atoms in total. The second-order valence-electron chi connectivity index (χ2n) is 6.21. The Kier molecular flexibility index (Phi) is 5.01. The van der Waals surface area contributed by atoms with Crippen LogP contribution in [0.4, 0.5) is 0 Å². The lowest BCUT2D eigenvalue weighted by Crippen LogP contribution is -2.42. The van der Waals surface area contributed by atoms with Gasteiger partial charge in [0.05, 0.1) is 19.1 Å². The standard InChI is InChI=1S/C17H25NO3/c1-11(2)13-5-7-14(8-6-13)12(3)18(4)16-10-21-9-15(16)17(19)20/h5-8,11-12,15-16H,9-10H2,1-4H3,(H,19,20). The smallest absolute Gasteiger partial charge is 0.310 e. The van der Waals surface area contributed by atoms with Crippen LogP contribution in [-0.2, 0) is 9.53 Å². The van der Waals surface area contributed by atoms with Gasteiger partial charge in [0.1, 0.15) is 0 Å². The zero-order chi connectivity index (χ0) is 15.6. The van der Waals surface area contributed by atoms with Gasteiger partial charge in [0.25, 0.3) is 0 Å².